The van der Waals surface area contributed by atoms with Gasteiger partial charge in [0.15, 0.2) is 0 Å². The number of nitrogens with zero attached hydrogens (tertiary/aromatic N) is 4. The first-order chi connectivity index (χ1) is 13.6. The van der Waals surface area contributed by atoms with Crippen LogP contribution >= 0.6 is 0 Å². The highest BCUT2D eigenvalue weighted by Crippen LogP contribution is 2.30. The van der Waals surface area contributed by atoms with E-state index in [1.165, 1.54) is 0 Å². The Morgan fingerprint density at radius 1 is 1.07 bits per heavy atom. The molecule has 0 aliphatic heterocycles. The minimum Gasteiger partial charge on any atom is -0.488 e. The number of nitrogens with one attached hydrogen (secondary N) is 1. The maximum atomic E-state index is 9.54. The number of fused-ring (bicyclic) bond motifs is 1. The van der Waals surface area contributed by atoms with E-state index in [0.29, 0.717) is 29.0 Å². The number of hydrogen-bond acceptors (Lipinski definition) is 8. The molecular formula is C20H24N6O2. The van der Waals surface area contributed by atoms with E-state index in [0.717, 1.165) is 36.7 Å². The lowest BCUT2D eigenvalue weighted by molar-refractivity contribution is 0.151. The predicted molar refractivity (Wildman–Crippen MR) is 107 cm³/mol. The van der Waals surface area contributed by atoms with Crippen LogP contribution in [-0.2, 0) is 0 Å². The Bertz CT molecular complexity index is 939. The van der Waals surface area contributed by atoms with Crippen LogP contribution in [0.15, 0.2) is 36.9 Å². The Labute approximate surface area is 163 Å². The number of aromatic nitrogens is 4. The summed E-state index contributed by atoms with van der Waals surface area (Å²) in [4.78, 5) is 17.3. The average molecular weight is 380 g/mol. The Morgan fingerprint density at radius 2 is 1.79 bits per heavy atom. The largest absolute Gasteiger partial charge is 0.488 e. The van der Waals surface area contributed by atoms with Gasteiger partial charge in [0.25, 0.3) is 0 Å². The van der Waals surface area contributed by atoms with E-state index >= 15 is 0 Å². The fraction of sp³-hybridized carbons (Fsp3) is 0.400. The lowest BCUT2D eigenvalue weighted by atomic mass is 9.93. The van der Waals surface area contributed by atoms with E-state index < -0.39 is 6.10 Å². The highest BCUT2D eigenvalue weighted by molar-refractivity contribution is 5.84. The third-order valence-corrected chi connectivity index (χ3v) is 5.02. The van der Waals surface area contributed by atoms with Gasteiger partial charge in [0.2, 0.25) is 5.95 Å². The normalized spacial score (nSPS) is 20.6. The Morgan fingerprint density at radius 3 is 2.50 bits per heavy atom. The zero-order valence-electron chi connectivity index (χ0n) is 15.7. The van der Waals surface area contributed by atoms with Crippen LogP contribution in [-0.4, -0.2) is 37.2 Å². The number of hydrogen-bond donors (Lipinski definition) is 3. The van der Waals surface area contributed by atoms with Crippen molar-refractivity contribution in [2.45, 2.75) is 50.9 Å². The van der Waals surface area contributed by atoms with Crippen LogP contribution in [0.3, 0.4) is 0 Å². The molecule has 1 aliphatic carbocycles. The molecule has 4 rings (SSSR count). The molecule has 1 saturated carbocycles. The van der Waals surface area contributed by atoms with E-state index in [9.17, 15) is 5.11 Å². The van der Waals surface area contributed by atoms with Gasteiger partial charge in [0.1, 0.15) is 11.3 Å². The lowest BCUT2D eigenvalue weighted by Crippen LogP contribution is -2.31. The van der Waals surface area contributed by atoms with Crippen molar-refractivity contribution in [2.75, 3.05) is 11.1 Å². The minimum atomic E-state index is -0.561. The summed E-state index contributed by atoms with van der Waals surface area (Å²) in [6, 6.07) is 3.92. The maximum absolute atomic E-state index is 9.54. The van der Waals surface area contributed by atoms with Crippen molar-refractivity contribution >= 4 is 22.7 Å². The summed E-state index contributed by atoms with van der Waals surface area (Å²) < 4.78 is 6.22. The van der Waals surface area contributed by atoms with Gasteiger partial charge in [0, 0.05) is 48.1 Å². The van der Waals surface area contributed by atoms with Crippen molar-refractivity contribution < 1.29 is 9.84 Å². The van der Waals surface area contributed by atoms with Crippen LogP contribution < -0.4 is 15.8 Å². The smallest absolute Gasteiger partial charge is 0.222 e. The van der Waals surface area contributed by atoms with Gasteiger partial charge in [-0.15, -0.1) is 0 Å². The van der Waals surface area contributed by atoms with E-state index in [-0.39, 0.29) is 6.10 Å². The minimum absolute atomic E-state index is 0.114. The summed E-state index contributed by atoms with van der Waals surface area (Å²) in [7, 11) is 0. The summed E-state index contributed by atoms with van der Waals surface area (Å²) in [6.45, 7) is 1.70. The maximum Gasteiger partial charge on any atom is 0.222 e. The molecule has 2 heterocycles. The summed E-state index contributed by atoms with van der Waals surface area (Å²) in [6.07, 6.45) is 9.92. The predicted octanol–water partition coefficient (Wildman–Crippen LogP) is 2.86. The standard InChI is InChI=1S/C20H24N6O2/c1-12(27)13-10-24-20(25-11-13)26-15-2-4-16(5-3-15)28-18-9-14(21)8-17-19(18)23-7-6-22-17/h6-12,15-16,27H,2-5,21H2,1H3,(H,24,25,26). The average Bonchev–Trinajstić information content (AvgIpc) is 2.70. The monoisotopic (exact) mass is 380 g/mol. The number of aliphatic hydroxyl groups is 1. The Balaban J connectivity index is 1.36. The number of aliphatic hydroxyl groups excluding tert-OH is 1. The van der Waals surface area contributed by atoms with Gasteiger partial charge < -0.3 is 20.9 Å². The second-order valence-corrected chi connectivity index (χ2v) is 7.19. The molecule has 1 fully saturated rings. The van der Waals surface area contributed by atoms with Crippen LogP contribution in [0.5, 0.6) is 5.75 Å². The molecule has 8 nitrogen and oxygen atoms in total. The molecule has 0 spiro atoms. The van der Waals surface area contributed by atoms with Crippen LogP contribution in [0.2, 0.25) is 0 Å². The second kappa shape index (κ2) is 7.93. The SMILES string of the molecule is CC(O)c1cnc(NC2CCC(Oc3cc(N)cc4nccnc34)CC2)nc1. The molecule has 4 N–H and O–H groups in total. The molecule has 0 radical (unpaired) electrons. The number of rotatable bonds is 5. The van der Waals surface area contributed by atoms with E-state index in [1.807, 2.05) is 6.07 Å². The first-order valence-electron chi connectivity index (χ1n) is 9.52. The van der Waals surface area contributed by atoms with Crippen molar-refractivity contribution in [3.05, 3.63) is 42.5 Å². The van der Waals surface area contributed by atoms with Crippen molar-refractivity contribution in [3.8, 4) is 5.75 Å². The van der Waals surface area contributed by atoms with E-state index in [4.69, 9.17) is 10.5 Å². The van der Waals surface area contributed by atoms with Crippen molar-refractivity contribution in [1.82, 2.24) is 19.9 Å². The Hall–Kier alpha value is -3.00. The number of anilines is 2. The molecule has 0 bridgehead atoms. The van der Waals surface area contributed by atoms with Crippen molar-refractivity contribution in [1.29, 1.82) is 0 Å². The van der Waals surface area contributed by atoms with Gasteiger partial charge in [-0.3, -0.25) is 4.98 Å². The number of ether oxygens (including phenoxy) is 1. The molecular weight excluding hydrogens is 356 g/mol. The molecule has 0 amide bonds. The molecule has 146 valence electrons. The van der Waals surface area contributed by atoms with Gasteiger partial charge >= 0.3 is 0 Å². The summed E-state index contributed by atoms with van der Waals surface area (Å²) in [5.41, 5.74) is 8.79. The number of benzene rings is 1. The molecule has 3 aromatic rings. The summed E-state index contributed by atoms with van der Waals surface area (Å²) in [5, 5.41) is 12.9. The first kappa shape index (κ1) is 18.4. The van der Waals surface area contributed by atoms with Crippen molar-refractivity contribution in [3.63, 3.8) is 0 Å². The second-order valence-electron chi connectivity index (χ2n) is 7.19. The number of nitrogens with two attached hydrogens (primary N) is 1. The molecule has 1 unspecified atom stereocenters. The topological polar surface area (TPSA) is 119 Å². The zero-order valence-corrected chi connectivity index (χ0v) is 15.7. The lowest BCUT2D eigenvalue weighted by Gasteiger charge is -2.29. The fourth-order valence-electron chi connectivity index (χ4n) is 3.47. The van der Waals surface area contributed by atoms with Gasteiger partial charge in [-0.05, 0) is 38.7 Å². The molecule has 1 aliphatic rings. The quantitative estimate of drug-likeness (QED) is 0.578. The van der Waals surface area contributed by atoms with Crippen LogP contribution in [0, 0.1) is 0 Å². The van der Waals surface area contributed by atoms with Crippen LogP contribution in [0.4, 0.5) is 11.6 Å². The first-order valence-corrected chi connectivity index (χ1v) is 9.52. The molecule has 28 heavy (non-hydrogen) atoms. The molecule has 2 aromatic heterocycles. The summed E-state index contributed by atoms with van der Waals surface area (Å²) in [5.74, 6) is 1.28. The van der Waals surface area contributed by atoms with Gasteiger partial charge in [0.05, 0.1) is 17.7 Å². The van der Waals surface area contributed by atoms with Gasteiger partial charge in [-0.1, -0.05) is 0 Å². The highest BCUT2D eigenvalue weighted by atomic mass is 16.5. The third-order valence-electron chi connectivity index (χ3n) is 5.02. The molecule has 1 aromatic carbocycles. The van der Waals surface area contributed by atoms with Crippen LogP contribution in [0.25, 0.3) is 11.0 Å². The zero-order chi connectivity index (χ0) is 19.5. The van der Waals surface area contributed by atoms with Crippen molar-refractivity contribution in [2.24, 2.45) is 0 Å². The number of nitrogen functional groups attached to an aromatic ring is 1. The molecule has 8 heteroatoms. The van der Waals surface area contributed by atoms with E-state index in [2.05, 4.69) is 25.3 Å². The molecule has 1 atom stereocenters. The third kappa shape index (κ3) is 4.12. The molecule has 0 saturated heterocycles. The Kier molecular flexibility index (Phi) is 5.21. The van der Waals surface area contributed by atoms with Gasteiger partial charge in [-0.25, -0.2) is 15.0 Å². The van der Waals surface area contributed by atoms with Gasteiger partial charge in [-0.2, -0.15) is 0 Å². The summed E-state index contributed by atoms with van der Waals surface area (Å²) >= 11 is 0. The highest BCUT2D eigenvalue weighted by Gasteiger charge is 2.24. The fourth-order valence-corrected chi connectivity index (χ4v) is 3.47. The van der Waals surface area contributed by atoms with E-state index in [1.54, 1.807) is 37.8 Å². The van der Waals surface area contributed by atoms with Crippen LogP contribution in [0.1, 0.15) is 44.3 Å².